The average Bonchev–Trinajstić information content (AvgIpc) is 3.50. The first-order valence-corrected chi connectivity index (χ1v) is 13.8. The van der Waals surface area contributed by atoms with Gasteiger partial charge in [-0.25, -0.2) is 9.07 Å². The summed E-state index contributed by atoms with van der Waals surface area (Å²) in [4.78, 5) is 30.5. The van der Waals surface area contributed by atoms with Crippen molar-refractivity contribution in [1.82, 2.24) is 14.7 Å². The van der Waals surface area contributed by atoms with E-state index in [4.69, 9.17) is 5.10 Å². The Morgan fingerprint density at radius 1 is 1.08 bits per heavy atom. The number of amides is 2. The summed E-state index contributed by atoms with van der Waals surface area (Å²) >= 11 is 1.58. The standard InChI is InChI=1S/C29H33FN4O2S/c1-19-9-5-6-10-22(19)26-25-27(29(2,3)4)31-34(21-13-11-20(30)12-14-21)28(25)33(24(36)18-37-26)17-23(35)32-15-7-8-16-32/h5-6,9-14,26H,7-8,15-18H2,1-4H3. The van der Waals surface area contributed by atoms with Crippen molar-refractivity contribution in [2.24, 2.45) is 0 Å². The Morgan fingerprint density at radius 3 is 2.41 bits per heavy atom. The maximum absolute atomic E-state index is 13.9. The number of aryl methyl sites for hydroxylation is 1. The summed E-state index contributed by atoms with van der Waals surface area (Å²) in [5.41, 5.74) is 4.37. The number of fused-ring (bicyclic) bond motifs is 1. The summed E-state index contributed by atoms with van der Waals surface area (Å²) in [7, 11) is 0. The second kappa shape index (κ2) is 9.97. The van der Waals surface area contributed by atoms with Gasteiger partial charge in [0.05, 0.1) is 22.4 Å². The number of hydrogen-bond acceptors (Lipinski definition) is 4. The van der Waals surface area contributed by atoms with E-state index in [-0.39, 0.29) is 40.6 Å². The van der Waals surface area contributed by atoms with Gasteiger partial charge in [-0.05, 0) is 55.2 Å². The van der Waals surface area contributed by atoms with Crippen LogP contribution in [0.3, 0.4) is 0 Å². The Morgan fingerprint density at radius 2 is 1.76 bits per heavy atom. The second-order valence-corrected chi connectivity index (χ2v) is 11.9. The van der Waals surface area contributed by atoms with Crippen molar-refractivity contribution in [2.45, 2.75) is 51.2 Å². The fraction of sp³-hybridized carbons (Fsp3) is 0.414. The molecule has 0 aliphatic carbocycles. The summed E-state index contributed by atoms with van der Waals surface area (Å²) in [6, 6.07) is 14.3. The van der Waals surface area contributed by atoms with Gasteiger partial charge in [0.25, 0.3) is 0 Å². The summed E-state index contributed by atoms with van der Waals surface area (Å²) in [6.07, 6.45) is 1.97. The molecule has 0 N–H and O–H groups in total. The van der Waals surface area contributed by atoms with Gasteiger partial charge in [-0.2, -0.15) is 5.10 Å². The van der Waals surface area contributed by atoms with Gasteiger partial charge in [0.2, 0.25) is 11.8 Å². The van der Waals surface area contributed by atoms with Crippen molar-refractivity contribution in [3.05, 3.63) is 76.7 Å². The van der Waals surface area contributed by atoms with E-state index in [9.17, 15) is 14.0 Å². The summed E-state index contributed by atoms with van der Waals surface area (Å²) < 4.78 is 15.6. The van der Waals surface area contributed by atoms with Crippen molar-refractivity contribution in [1.29, 1.82) is 0 Å². The number of anilines is 1. The number of hydrogen-bond donors (Lipinski definition) is 0. The minimum atomic E-state index is -0.344. The van der Waals surface area contributed by atoms with Crippen LogP contribution in [0, 0.1) is 12.7 Å². The number of carbonyl (C=O) groups excluding carboxylic acids is 2. The van der Waals surface area contributed by atoms with Crippen LogP contribution >= 0.6 is 11.8 Å². The fourth-order valence-corrected chi connectivity index (χ4v) is 6.46. The predicted octanol–water partition coefficient (Wildman–Crippen LogP) is 5.41. The lowest BCUT2D eigenvalue weighted by molar-refractivity contribution is -0.130. The van der Waals surface area contributed by atoms with E-state index in [1.807, 2.05) is 17.0 Å². The molecule has 1 saturated heterocycles. The molecule has 6 nitrogen and oxygen atoms in total. The van der Waals surface area contributed by atoms with Crippen LogP contribution < -0.4 is 4.90 Å². The lowest BCUT2D eigenvalue weighted by Gasteiger charge is -2.26. The molecule has 2 aliphatic rings. The second-order valence-electron chi connectivity index (χ2n) is 10.8. The molecule has 2 aliphatic heterocycles. The monoisotopic (exact) mass is 520 g/mol. The maximum atomic E-state index is 13.9. The van der Waals surface area contributed by atoms with E-state index in [0.29, 0.717) is 11.5 Å². The Kier molecular flexibility index (Phi) is 6.88. The van der Waals surface area contributed by atoms with E-state index in [2.05, 4.69) is 39.8 Å². The highest BCUT2D eigenvalue weighted by Gasteiger charge is 2.40. The molecule has 0 bridgehead atoms. The number of benzene rings is 2. The molecular weight excluding hydrogens is 487 g/mol. The summed E-state index contributed by atoms with van der Waals surface area (Å²) in [5.74, 6) is 0.322. The molecule has 2 aromatic carbocycles. The molecule has 8 heteroatoms. The Balaban J connectivity index is 1.76. The number of rotatable bonds is 4. The summed E-state index contributed by atoms with van der Waals surface area (Å²) in [5, 5.41) is 4.92. The van der Waals surface area contributed by atoms with Gasteiger partial charge in [-0.3, -0.25) is 14.5 Å². The third-order valence-corrected chi connectivity index (χ3v) is 8.33. The molecule has 1 unspecified atom stereocenters. The molecule has 37 heavy (non-hydrogen) atoms. The van der Waals surface area contributed by atoms with Gasteiger partial charge in [0, 0.05) is 24.1 Å². The van der Waals surface area contributed by atoms with Gasteiger partial charge in [-0.15, -0.1) is 11.8 Å². The first-order chi connectivity index (χ1) is 17.6. The van der Waals surface area contributed by atoms with E-state index < -0.39 is 0 Å². The fourth-order valence-electron chi connectivity index (χ4n) is 5.16. The maximum Gasteiger partial charge on any atom is 0.242 e. The minimum Gasteiger partial charge on any atom is -0.341 e. The lowest BCUT2D eigenvalue weighted by Crippen LogP contribution is -2.43. The predicted molar refractivity (Wildman–Crippen MR) is 146 cm³/mol. The van der Waals surface area contributed by atoms with Gasteiger partial charge in [0.1, 0.15) is 18.2 Å². The van der Waals surface area contributed by atoms with Crippen molar-refractivity contribution < 1.29 is 14.0 Å². The number of likely N-dealkylation sites (tertiary alicyclic amines) is 1. The molecular formula is C29H33FN4O2S. The molecule has 0 radical (unpaired) electrons. The van der Waals surface area contributed by atoms with Gasteiger partial charge < -0.3 is 4.90 Å². The Hall–Kier alpha value is -3.13. The molecule has 2 amide bonds. The van der Waals surface area contributed by atoms with Crippen LogP contribution in [0.25, 0.3) is 5.69 Å². The van der Waals surface area contributed by atoms with E-state index >= 15 is 0 Å². The number of aromatic nitrogens is 2. The quantitative estimate of drug-likeness (QED) is 0.462. The zero-order chi connectivity index (χ0) is 26.3. The largest absolute Gasteiger partial charge is 0.341 e. The SMILES string of the molecule is Cc1ccccc1C1SCC(=O)N(CC(=O)N2CCCC2)c2c1c(C(C)(C)C)nn2-c1ccc(F)cc1. The zero-order valence-corrected chi connectivity index (χ0v) is 22.6. The highest BCUT2D eigenvalue weighted by Crippen LogP contribution is 2.49. The topological polar surface area (TPSA) is 58.4 Å². The van der Waals surface area contributed by atoms with Crippen LogP contribution in [0.15, 0.2) is 48.5 Å². The molecule has 3 aromatic rings. The van der Waals surface area contributed by atoms with E-state index in [1.165, 1.54) is 12.1 Å². The number of thioether (sulfide) groups is 1. The Bertz CT molecular complexity index is 1320. The first kappa shape index (κ1) is 25.5. The summed E-state index contributed by atoms with van der Waals surface area (Å²) in [6.45, 7) is 9.81. The molecule has 194 valence electrons. The first-order valence-electron chi connectivity index (χ1n) is 12.8. The normalized spacial score (nSPS) is 18.2. The Labute approximate surface area is 221 Å². The highest BCUT2D eigenvalue weighted by atomic mass is 32.2. The highest BCUT2D eigenvalue weighted by molar-refractivity contribution is 8.00. The van der Waals surface area contributed by atoms with Crippen molar-refractivity contribution in [2.75, 3.05) is 30.3 Å². The van der Waals surface area contributed by atoms with Crippen LogP contribution in [0.5, 0.6) is 0 Å². The van der Waals surface area contributed by atoms with Crippen LogP contribution in [-0.4, -0.2) is 51.9 Å². The number of halogens is 1. The van der Waals surface area contributed by atoms with Crippen LogP contribution in [0.4, 0.5) is 10.2 Å². The van der Waals surface area contributed by atoms with Crippen LogP contribution in [0.2, 0.25) is 0 Å². The average molecular weight is 521 g/mol. The third-order valence-electron chi connectivity index (χ3n) is 7.09. The molecule has 0 saturated carbocycles. The number of nitrogens with zero attached hydrogens (tertiary/aromatic N) is 4. The molecule has 1 fully saturated rings. The smallest absolute Gasteiger partial charge is 0.242 e. The van der Waals surface area contributed by atoms with Gasteiger partial charge >= 0.3 is 0 Å². The molecule has 1 aromatic heterocycles. The number of carbonyl (C=O) groups is 2. The van der Waals surface area contributed by atoms with Gasteiger partial charge in [-0.1, -0.05) is 45.0 Å². The van der Waals surface area contributed by atoms with Crippen molar-refractivity contribution in [3.8, 4) is 5.69 Å². The zero-order valence-electron chi connectivity index (χ0n) is 21.8. The van der Waals surface area contributed by atoms with E-state index in [1.54, 1.807) is 33.5 Å². The molecule has 3 heterocycles. The van der Waals surface area contributed by atoms with E-state index in [0.717, 1.165) is 48.3 Å². The molecule has 5 rings (SSSR count). The minimum absolute atomic E-state index is 0.0383. The van der Waals surface area contributed by atoms with Crippen LogP contribution in [-0.2, 0) is 15.0 Å². The van der Waals surface area contributed by atoms with Crippen molar-refractivity contribution >= 4 is 29.4 Å². The third kappa shape index (κ3) is 4.91. The lowest BCUT2D eigenvalue weighted by atomic mass is 9.86. The van der Waals surface area contributed by atoms with Gasteiger partial charge in [0.15, 0.2) is 0 Å². The van der Waals surface area contributed by atoms with Crippen molar-refractivity contribution in [3.63, 3.8) is 0 Å². The molecule has 1 atom stereocenters. The molecule has 0 spiro atoms. The van der Waals surface area contributed by atoms with Crippen LogP contribution in [0.1, 0.15) is 61.2 Å².